The van der Waals surface area contributed by atoms with E-state index in [2.05, 4.69) is 20.6 Å². The van der Waals surface area contributed by atoms with Crippen molar-refractivity contribution in [3.63, 3.8) is 0 Å². The van der Waals surface area contributed by atoms with Gasteiger partial charge in [-0.15, -0.1) is 15.3 Å². The fraction of sp³-hybridized carbons (Fsp3) is 0.182. The molecule has 0 fully saturated rings. The van der Waals surface area contributed by atoms with Crippen molar-refractivity contribution in [2.24, 2.45) is 0 Å². The van der Waals surface area contributed by atoms with E-state index in [4.69, 9.17) is 4.42 Å². The summed E-state index contributed by atoms with van der Waals surface area (Å²) < 4.78 is 6.93. The summed E-state index contributed by atoms with van der Waals surface area (Å²) in [5, 5.41) is 15.5. The Morgan fingerprint density at radius 1 is 1.29 bits per heavy atom. The summed E-state index contributed by atoms with van der Waals surface area (Å²) in [7, 11) is 0. The first-order chi connectivity index (χ1) is 8.33. The molecule has 0 spiro atoms. The van der Waals surface area contributed by atoms with Gasteiger partial charge < -0.3 is 9.73 Å². The normalized spacial score (nSPS) is 10.9. The first-order valence-corrected chi connectivity index (χ1v) is 5.28. The molecule has 0 atom stereocenters. The second-order valence-corrected chi connectivity index (χ2v) is 3.67. The monoisotopic (exact) mass is 229 g/mol. The smallest absolute Gasteiger partial charge is 0.178 e. The van der Waals surface area contributed by atoms with Gasteiger partial charge in [0.1, 0.15) is 11.6 Å². The van der Waals surface area contributed by atoms with Gasteiger partial charge >= 0.3 is 0 Å². The number of aryl methyl sites for hydroxylation is 1. The molecular formula is C11H11N5O. The molecule has 0 bridgehead atoms. The van der Waals surface area contributed by atoms with Gasteiger partial charge in [-0.2, -0.15) is 4.52 Å². The molecule has 86 valence electrons. The van der Waals surface area contributed by atoms with Crippen molar-refractivity contribution in [3.8, 4) is 0 Å². The van der Waals surface area contributed by atoms with Crippen molar-refractivity contribution < 1.29 is 4.42 Å². The second kappa shape index (κ2) is 3.89. The van der Waals surface area contributed by atoms with Gasteiger partial charge in [0.05, 0.1) is 12.8 Å². The Hall–Kier alpha value is -2.37. The third kappa shape index (κ3) is 1.84. The number of hydrogen-bond donors (Lipinski definition) is 1. The molecule has 0 aliphatic carbocycles. The maximum atomic E-state index is 5.23. The lowest BCUT2D eigenvalue weighted by molar-refractivity contribution is 0.517. The van der Waals surface area contributed by atoms with E-state index >= 15 is 0 Å². The average Bonchev–Trinajstić information content (AvgIpc) is 2.97. The number of aromatic nitrogens is 4. The zero-order valence-electron chi connectivity index (χ0n) is 9.29. The molecule has 3 heterocycles. The summed E-state index contributed by atoms with van der Waals surface area (Å²) in [6.07, 6.45) is 1.65. The topological polar surface area (TPSA) is 68.2 Å². The summed E-state index contributed by atoms with van der Waals surface area (Å²) in [6, 6.07) is 7.51. The predicted octanol–water partition coefficient (Wildman–Crippen LogP) is 1.64. The van der Waals surface area contributed by atoms with E-state index in [1.807, 2.05) is 31.2 Å². The first kappa shape index (κ1) is 9.83. The van der Waals surface area contributed by atoms with Crippen molar-refractivity contribution in [1.82, 2.24) is 19.8 Å². The van der Waals surface area contributed by atoms with E-state index in [0.717, 1.165) is 23.0 Å². The Morgan fingerprint density at radius 3 is 3.06 bits per heavy atom. The average molecular weight is 229 g/mol. The molecule has 3 aromatic heterocycles. The Morgan fingerprint density at radius 2 is 2.24 bits per heavy atom. The van der Waals surface area contributed by atoms with Gasteiger partial charge in [0.2, 0.25) is 0 Å². The maximum absolute atomic E-state index is 5.23. The molecule has 0 unspecified atom stereocenters. The van der Waals surface area contributed by atoms with E-state index in [9.17, 15) is 0 Å². The lowest BCUT2D eigenvalue weighted by atomic mass is 10.4. The molecule has 0 aromatic carbocycles. The van der Waals surface area contributed by atoms with E-state index < -0.39 is 0 Å². The van der Waals surface area contributed by atoms with Crippen LogP contribution >= 0.6 is 0 Å². The number of furan rings is 1. The molecule has 3 rings (SSSR count). The highest BCUT2D eigenvalue weighted by Gasteiger charge is 2.03. The Labute approximate surface area is 97.3 Å². The van der Waals surface area contributed by atoms with Gasteiger partial charge in [-0.1, -0.05) is 0 Å². The number of hydrogen-bond acceptors (Lipinski definition) is 5. The van der Waals surface area contributed by atoms with Crippen LogP contribution < -0.4 is 5.32 Å². The van der Waals surface area contributed by atoms with Crippen LogP contribution in [0.3, 0.4) is 0 Å². The zero-order valence-corrected chi connectivity index (χ0v) is 9.29. The SMILES string of the molecule is Cc1nnc2ccc(NCc3ccco3)nn12. The maximum Gasteiger partial charge on any atom is 0.178 e. The van der Waals surface area contributed by atoms with Crippen molar-refractivity contribution in [2.75, 3.05) is 5.32 Å². The molecule has 0 radical (unpaired) electrons. The third-order valence-electron chi connectivity index (χ3n) is 2.44. The quantitative estimate of drug-likeness (QED) is 0.739. The van der Waals surface area contributed by atoms with Crippen LogP contribution in [0.1, 0.15) is 11.6 Å². The van der Waals surface area contributed by atoms with Crippen molar-refractivity contribution in [2.45, 2.75) is 13.5 Å². The number of rotatable bonds is 3. The largest absolute Gasteiger partial charge is 0.467 e. The van der Waals surface area contributed by atoms with Gasteiger partial charge in [-0.3, -0.25) is 0 Å². The van der Waals surface area contributed by atoms with E-state index in [0.29, 0.717) is 6.54 Å². The van der Waals surface area contributed by atoms with Gasteiger partial charge in [0, 0.05) is 0 Å². The Kier molecular flexibility index (Phi) is 2.25. The highest BCUT2D eigenvalue weighted by Crippen LogP contribution is 2.08. The van der Waals surface area contributed by atoms with Crippen LogP contribution in [0.25, 0.3) is 5.65 Å². The number of anilines is 1. The van der Waals surface area contributed by atoms with Gasteiger partial charge in [-0.25, -0.2) is 0 Å². The van der Waals surface area contributed by atoms with E-state index in [1.54, 1.807) is 10.8 Å². The predicted molar refractivity (Wildman–Crippen MR) is 61.6 cm³/mol. The van der Waals surface area contributed by atoms with Gasteiger partial charge in [-0.05, 0) is 31.2 Å². The van der Waals surface area contributed by atoms with Crippen LogP contribution in [-0.4, -0.2) is 19.8 Å². The minimum atomic E-state index is 0.604. The van der Waals surface area contributed by atoms with Gasteiger partial charge in [0.15, 0.2) is 11.5 Å². The number of nitrogens with zero attached hydrogens (tertiary/aromatic N) is 4. The van der Waals surface area contributed by atoms with Crippen molar-refractivity contribution in [3.05, 3.63) is 42.1 Å². The molecular weight excluding hydrogens is 218 g/mol. The molecule has 3 aromatic rings. The van der Waals surface area contributed by atoms with Crippen molar-refractivity contribution >= 4 is 11.5 Å². The fourth-order valence-corrected chi connectivity index (χ4v) is 1.58. The number of fused-ring (bicyclic) bond motifs is 1. The molecule has 17 heavy (non-hydrogen) atoms. The van der Waals surface area contributed by atoms with Crippen LogP contribution in [0.15, 0.2) is 34.9 Å². The zero-order chi connectivity index (χ0) is 11.7. The summed E-state index contributed by atoms with van der Waals surface area (Å²) in [4.78, 5) is 0. The molecule has 1 N–H and O–H groups in total. The summed E-state index contributed by atoms with van der Waals surface area (Å²) in [5.41, 5.74) is 0.742. The van der Waals surface area contributed by atoms with Crippen LogP contribution in [0, 0.1) is 6.92 Å². The van der Waals surface area contributed by atoms with Crippen LogP contribution in [0.4, 0.5) is 5.82 Å². The standard InChI is InChI=1S/C11H11N5O/c1-8-13-14-11-5-4-10(15-16(8)11)12-7-9-3-2-6-17-9/h2-6H,7H2,1H3,(H,12,15). The van der Waals surface area contributed by atoms with Crippen LogP contribution in [0.2, 0.25) is 0 Å². The van der Waals surface area contributed by atoms with Gasteiger partial charge in [0.25, 0.3) is 0 Å². The molecule has 6 nitrogen and oxygen atoms in total. The fourth-order valence-electron chi connectivity index (χ4n) is 1.58. The molecule has 0 saturated carbocycles. The highest BCUT2D eigenvalue weighted by molar-refractivity contribution is 5.43. The molecule has 0 aliphatic heterocycles. The summed E-state index contributed by atoms with van der Waals surface area (Å²) in [5.74, 6) is 2.39. The van der Waals surface area contributed by atoms with Crippen molar-refractivity contribution in [1.29, 1.82) is 0 Å². The molecule has 0 amide bonds. The highest BCUT2D eigenvalue weighted by atomic mass is 16.3. The molecule has 6 heteroatoms. The minimum absolute atomic E-state index is 0.604. The summed E-state index contributed by atoms with van der Waals surface area (Å²) >= 11 is 0. The molecule has 0 aliphatic rings. The lowest BCUT2D eigenvalue weighted by Crippen LogP contribution is -2.04. The minimum Gasteiger partial charge on any atom is -0.467 e. The lowest BCUT2D eigenvalue weighted by Gasteiger charge is -2.03. The molecule has 0 saturated heterocycles. The number of nitrogens with one attached hydrogen (secondary N) is 1. The summed E-state index contributed by atoms with van der Waals surface area (Å²) in [6.45, 7) is 2.47. The Balaban J connectivity index is 1.83. The van der Waals surface area contributed by atoms with Crippen LogP contribution in [-0.2, 0) is 6.54 Å². The Bertz CT molecular complexity index is 628. The van der Waals surface area contributed by atoms with Crippen LogP contribution in [0.5, 0.6) is 0 Å². The second-order valence-electron chi connectivity index (χ2n) is 3.67. The third-order valence-corrected chi connectivity index (χ3v) is 2.44. The first-order valence-electron chi connectivity index (χ1n) is 5.28. The van der Waals surface area contributed by atoms with E-state index in [1.165, 1.54) is 0 Å². The van der Waals surface area contributed by atoms with E-state index in [-0.39, 0.29) is 0 Å².